The van der Waals surface area contributed by atoms with E-state index in [1.165, 1.54) is 0 Å². The topological polar surface area (TPSA) is 60.9 Å². The van der Waals surface area contributed by atoms with Crippen molar-refractivity contribution >= 4 is 22.9 Å². The number of fused-ring (bicyclic) bond motifs is 2. The summed E-state index contributed by atoms with van der Waals surface area (Å²) < 4.78 is 7.09. The van der Waals surface area contributed by atoms with Gasteiger partial charge in [-0.05, 0) is 36.4 Å². The molecule has 0 unspecified atom stereocenters. The van der Waals surface area contributed by atoms with Gasteiger partial charge >= 0.3 is 5.76 Å². The van der Waals surface area contributed by atoms with E-state index in [1.807, 2.05) is 85.8 Å². The molecule has 5 nitrogen and oxygen atoms in total. The van der Waals surface area contributed by atoms with Crippen molar-refractivity contribution in [1.82, 2.24) is 14.5 Å². The molecule has 5 heteroatoms. The highest BCUT2D eigenvalue weighted by molar-refractivity contribution is 5.81. The first-order chi connectivity index (χ1) is 14.2. The number of hydrogen-bond donors (Lipinski definition) is 0. The van der Waals surface area contributed by atoms with Gasteiger partial charge in [0.25, 0.3) is 0 Å². The van der Waals surface area contributed by atoms with Crippen LogP contribution in [-0.2, 0) is 0 Å². The predicted octanol–water partition coefficient (Wildman–Crippen LogP) is 2.92. The summed E-state index contributed by atoms with van der Waals surface area (Å²) in [5.41, 5.74) is 4.18. The second-order valence-electron chi connectivity index (χ2n) is 6.79. The van der Waals surface area contributed by atoms with Gasteiger partial charge in [0.2, 0.25) is 0 Å². The highest BCUT2D eigenvalue weighted by Crippen LogP contribution is 2.22. The molecule has 0 spiro atoms. The van der Waals surface area contributed by atoms with Crippen LogP contribution in [-0.4, -0.2) is 14.5 Å². The molecular weight excluding hydrogens is 362 g/mol. The molecule has 0 saturated carbocycles. The Bertz CT molecular complexity index is 1490. The smallest absolute Gasteiger partial charge is 0.406 e. The largest absolute Gasteiger partial charge is 0.424 e. The molecule has 3 heterocycles. The molecule has 29 heavy (non-hydrogen) atoms. The number of aryl methyl sites for hydroxylation is 1. The molecule has 1 aliphatic rings. The van der Waals surface area contributed by atoms with Crippen molar-refractivity contribution in [2.24, 2.45) is 0 Å². The van der Waals surface area contributed by atoms with Gasteiger partial charge in [0.05, 0.1) is 28.8 Å². The lowest BCUT2D eigenvalue weighted by atomic mass is 10.1. The Balaban J connectivity index is 1.85. The highest BCUT2D eigenvalue weighted by atomic mass is 16.4. The third-order valence-electron chi connectivity index (χ3n) is 4.85. The molecule has 3 aromatic heterocycles. The molecule has 5 rings (SSSR count). The van der Waals surface area contributed by atoms with Gasteiger partial charge < -0.3 is 4.42 Å². The average molecular weight is 379 g/mol. The van der Waals surface area contributed by atoms with Crippen LogP contribution in [0.3, 0.4) is 0 Å². The zero-order valence-electron chi connectivity index (χ0n) is 15.7. The van der Waals surface area contributed by atoms with E-state index >= 15 is 0 Å². The second kappa shape index (κ2) is 6.87. The van der Waals surface area contributed by atoms with Crippen molar-refractivity contribution < 1.29 is 4.42 Å². The lowest BCUT2D eigenvalue weighted by Crippen LogP contribution is -2.30. The monoisotopic (exact) mass is 379 g/mol. The van der Waals surface area contributed by atoms with Crippen molar-refractivity contribution in [2.75, 3.05) is 0 Å². The number of aromatic nitrogens is 3. The third kappa shape index (κ3) is 3.02. The lowest BCUT2D eigenvalue weighted by molar-refractivity contribution is 0.541. The molecule has 0 aliphatic heterocycles. The molecule has 4 aromatic rings. The molecule has 140 valence electrons. The van der Waals surface area contributed by atoms with Gasteiger partial charge in [-0.15, -0.1) is 0 Å². The van der Waals surface area contributed by atoms with E-state index in [0.717, 1.165) is 27.5 Å². The Morgan fingerprint density at radius 1 is 0.966 bits per heavy atom. The summed E-state index contributed by atoms with van der Waals surface area (Å²) in [6.07, 6.45) is 11.4. The standard InChI is InChI=1S/C24H17N3O2/c1-16-8-7-12-19(26-16)20-14-22-23(15-25-20)29-24(28)27(22)21-13-4-2-3-9-17-10-5-6-11-18(17)21/h2-15H,1H3/b3-2+,4-2?,9-3?,13-4-,17-9+,21-13?,21-18+. The number of hydrogen-bond acceptors (Lipinski definition) is 4. The van der Waals surface area contributed by atoms with Crippen molar-refractivity contribution in [3.63, 3.8) is 0 Å². The number of rotatable bonds is 2. The summed E-state index contributed by atoms with van der Waals surface area (Å²) in [6, 6.07) is 15.6. The highest BCUT2D eigenvalue weighted by Gasteiger charge is 2.15. The van der Waals surface area contributed by atoms with Gasteiger partial charge in [-0.3, -0.25) is 9.97 Å². The zero-order chi connectivity index (χ0) is 19.8. The fraction of sp³-hybridized carbons (Fsp3) is 0.0417. The summed E-state index contributed by atoms with van der Waals surface area (Å²) in [5, 5.41) is 1.98. The Morgan fingerprint density at radius 2 is 1.86 bits per heavy atom. The fourth-order valence-electron chi connectivity index (χ4n) is 3.51. The maximum absolute atomic E-state index is 12.8. The Kier molecular flexibility index (Phi) is 4.06. The molecule has 0 amide bonds. The molecule has 0 fully saturated rings. The van der Waals surface area contributed by atoms with E-state index in [-0.39, 0.29) is 0 Å². The van der Waals surface area contributed by atoms with Gasteiger partial charge in [0.1, 0.15) is 0 Å². The lowest BCUT2D eigenvalue weighted by Gasteiger charge is -2.07. The van der Waals surface area contributed by atoms with Crippen LogP contribution in [0.5, 0.6) is 0 Å². The van der Waals surface area contributed by atoms with E-state index < -0.39 is 5.76 Å². The van der Waals surface area contributed by atoms with Crippen LogP contribution in [0, 0.1) is 6.92 Å². The molecule has 1 aliphatic carbocycles. The Labute approximate surface area is 166 Å². The number of pyridine rings is 2. The maximum Gasteiger partial charge on any atom is 0.424 e. The van der Waals surface area contributed by atoms with Crippen molar-refractivity contribution in [1.29, 1.82) is 0 Å². The Hall–Kier alpha value is -3.99. The van der Waals surface area contributed by atoms with Gasteiger partial charge in [-0.2, -0.15) is 0 Å². The summed E-state index contributed by atoms with van der Waals surface area (Å²) >= 11 is 0. The van der Waals surface area contributed by atoms with E-state index in [1.54, 1.807) is 10.8 Å². The molecular formula is C24H17N3O2. The molecule has 0 atom stereocenters. The minimum absolute atomic E-state index is 0.436. The van der Waals surface area contributed by atoms with Crippen molar-refractivity contribution in [2.45, 2.75) is 6.92 Å². The first-order valence-corrected chi connectivity index (χ1v) is 9.31. The van der Waals surface area contributed by atoms with Gasteiger partial charge in [0.15, 0.2) is 5.58 Å². The number of allylic oxidation sites excluding steroid dienone is 4. The van der Waals surface area contributed by atoms with Crippen molar-refractivity contribution in [3.8, 4) is 11.4 Å². The number of oxazole rings is 1. The second-order valence-corrected chi connectivity index (χ2v) is 6.79. The number of benzene rings is 1. The van der Waals surface area contributed by atoms with Crippen LogP contribution in [0.15, 0.2) is 88.2 Å². The fourth-order valence-corrected chi connectivity index (χ4v) is 3.51. The molecule has 1 aromatic carbocycles. The van der Waals surface area contributed by atoms with Crippen LogP contribution in [0.2, 0.25) is 0 Å². The summed E-state index contributed by atoms with van der Waals surface area (Å²) in [4.78, 5) is 21.8. The minimum atomic E-state index is -0.449. The summed E-state index contributed by atoms with van der Waals surface area (Å²) in [5.74, 6) is -0.449. The molecule has 0 bridgehead atoms. The van der Waals surface area contributed by atoms with Gasteiger partial charge in [-0.1, -0.05) is 54.6 Å². The third-order valence-corrected chi connectivity index (χ3v) is 4.85. The van der Waals surface area contributed by atoms with Gasteiger partial charge in [0, 0.05) is 10.9 Å². The first kappa shape index (κ1) is 17.1. The zero-order valence-corrected chi connectivity index (χ0v) is 15.7. The summed E-state index contributed by atoms with van der Waals surface area (Å²) in [7, 11) is 0. The molecule has 0 N–H and O–H groups in total. The van der Waals surface area contributed by atoms with Gasteiger partial charge in [-0.25, -0.2) is 9.36 Å². The Morgan fingerprint density at radius 3 is 2.76 bits per heavy atom. The van der Waals surface area contributed by atoms with E-state index in [0.29, 0.717) is 16.8 Å². The van der Waals surface area contributed by atoms with Crippen LogP contribution in [0.4, 0.5) is 0 Å². The average Bonchev–Trinajstić information content (AvgIpc) is 3.04. The van der Waals surface area contributed by atoms with Crippen LogP contribution in [0.25, 0.3) is 34.3 Å². The molecule has 0 saturated heterocycles. The van der Waals surface area contributed by atoms with Crippen molar-refractivity contribution in [3.05, 3.63) is 106 Å². The van der Waals surface area contributed by atoms with E-state index in [4.69, 9.17) is 4.42 Å². The minimum Gasteiger partial charge on any atom is -0.406 e. The van der Waals surface area contributed by atoms with Crippen LogP contribution >= 0.6 is 0 Å². The normalized spacial score (nSPS) is 18.3. The SMILES string of the molecule is Cc1cccc(-c2cc3c(cn2)oc(=O)n3C2=c3\cccc\c3=C/C=C/C=C\2)n1. The predicted molar refractivity (Wildman–Crippen MR) is 113 cm³/mol. The maximum atomic E-state index is 12.8. The first-order valence-electron chi connectivity index (χ1n) is 9.31. The van der Waals surface area contributed by atoms with Crippen LogP contribution in [0.1, 0.15) is 5.69 Å². The molecule has 0 radical (unpaired) electrons. The summed E-state index contributed by atoms with van der Waals surface area (Å²) in [6.45, 7) is 1.94. The quantitative estimate of drug-likeness (QED) is 0.537. The number of nitrogens with zero attached hydrogens (tertiary/aromatic N) is 3. The van der Waals surface area contributed by atoms with E-state index in [2.05, 4.69) is 9.97 Å². The van der Waals surface area contributed by atoms with Crippen LogP contribution < -0.4 is 16.2 Å². The van der Waals surface area contributed by atoms with E-state index in [9.17, 15) is 4.79 Å².